The van der Waals surface area contributed by atoms with E-state index in [1.165, 1.54) is 0 Å². The van der Waals surface area contributed by atoms with Gasteiger partial charge in [0.2, 0.25) is 0 Å². The number of benzene rings is 2. The number of fused-ring (bicyclic) bond motifs is 1. The van der Waals surface area contributed by atoms with Gasteiger partial charge in [0.15, 0.2) is 0 Å². The number of aromatic nitrogens is 1. The van der Waals surface area contributed by atoms with Gasteiger partial charge in [-0.25, -0.2) is 4.98 Å². The van der Waals surface area contributed by atoms with Crippen molar-refractivity contribution in [3.05, 3.63) is 47.5 Å². The van der Waals surface area contributed by atoms with Crippen LogP contribution in [0.15, 0.2) is 42.5 Å². The van der Waals surface area contributed by atoms with Crippen LogP contribution in [0.4, 0.5) is 0 Å². The predicted octanol–water partition coefficient (Wildman–Crippen LogP) is 4.32. The fourth-order valence-electron chi connectivity index (χ4n) is 1.67. The number of hydrogen-bond acceptors (Lipinski definition) is 3. The maximum Gasteiger partial charge on any atom is 0.128 e. The van der Waals surface area contributed by atoms with Gasteiger partial charge in [-0.15, -0.1) is 11.3 Å². The van der Waals surface area contributed by atoms with Crippen LogP contribution in [-0.2, 0) is 19.5 Å². The van der Waals surface area contributed by atoms with Crippen LogP contribution in [0.25, 0.3) is 20.8 Å². The number of nitrogens with zero attached hydrogens (tertiary/aromatic N) is 1. The summed E-state index contributed by atoms with van der Waals surface area (Å²) in [7, 11) is 0. The van der Waals surface area contributed by atoms with Crippen LogP contribution in [0.1, 0.15) is 0 Å². The van der Waals surface area contributed by atoms with E-state index < -0.39 is 0 Å². The Hall–Kier alpha value is -0.957. The first-order valence-electron chi connectivity index (χ1n) is 5.08. The van der Waals surface area contributed by atoms with Gasteiger partial charge in [-0.1, -0.05) is 23.7 Å². The van der Waals surface area contributed by atoms with E-state index in [-0.39, 0.29) is 25.2 Å². The number of thiazole rings is 1. The number of para-hydroxylation sites is 1. The number of phenolic OH excluding ortho intramolecular Hbond substituents is 1. The zero-order valence-electron chi connectivity index (χ0n) is 9.43. The quantitative estimate of drug-likeness (QED) is 0.675. The molecule has 0 aliphatic heterocycles. The summed E-state index contributed by atoms with van der Waals surface area (Å²) < 4.78 is 1.10. The van der Waals surface area contributed by atoms with Gasteiger partial charge in [-0.3, -0.25) is 0 Å². The molecule has 2 aromatic carbocycles. The van der Waals surface area contributed by atoms with Crippen molar-refractivity contribution in [1.82, 2.24) is 4.98 Å². The van der Waals surface area contributed by atoms with Gasteiger partial charge in [0.05, 0.1) is 15.8 Å². The van der Waals surface area contributed by atoms with Crippen LogP contribution in [0.5, 0.6) is 5.75 Å². The summed E-state index contributed by atoms with van der Waals surface area (Å²) in [5.41, 5.74) is 1.62. The van der Waals surface area contributed by atoms with Gasteiger partial charge < -0.3 is 5.11 Å². The van der Waals surface area contributed by atoms with Gasteiger partial charge in [0.25, 0.3) is 0 Å². The molecule has 1 N–H and O–H groups in total. The Morgan fingerprint density at radius 1 is 1.11 bits per heavy atom. The Kier molecular flexibility index (Phi) is 4.01. The molecule has 3 rings (SSSR count). The Labute approximate surface area is 126 Å². The van der Waals surface area contributed by atoms with Crippen molar-refractivity contribution in [1.29, 1.82) is 0 Å². The minimum Gasteiger partial charge on any atom is -0.507 e. The second-order valence-corrected chi connectivity index (χ2v) is 5.12. The number of halogens is 1. The van der Waals surface area contributed by atoms with E-state index in [1.54, 1.807) is 29.5 Å². The molecule has 0 aliphatic rings. The SMILES string of the molecule is Oc1ccc(Cl)cc1-c1nc2ccccc2s1.[Zn]. The van der Waals surface area contributed by atoms with Gasteiger partial charge in [0.1, 0.15) is 10.8 Å². The van der Waals surface area contributed by atoms with E-state index in [0.717, 1.165) is 15.2 Å². The van der Waals surface area contributed by atoms with Crippen molar-refractivity contribution in [2.45, 2.75) is 0 Å². The molecule has 0 bridgehead atoms. The van der Waals surface area contributed by atoms with Crippen LogP contribution in [0.3, 0.4) is 0 Å². The molecule has 1 aromatic heterocycles. The molecule has 0 radical (unpaired) electrons. The van der Waals surface area contributed by atoms with Gasteiger partial charge >= 0.3 is 0 Å². The molecule has 0 unspecified atom stereocenters. The molecular weight excluding hydrogens is 319 g/mol. The van der Waals surface area contributed by atoms with Crippen molar-refractivity contribution < 1.29 is 24.6 Å². The Morgan fingerprint density at radius 3 is 2.67 bits per heavy atom. The molecule has 18 heavy (non-hydrogen) atoms. The monoisotopic (exact) mass is 325 g/mol. The molecule has 2 nitrogen and oxygen atoms in total. The second kappa shape index (κ2) is 5.35. The molecule has 0 spiro atoms. The van der Waals surface area contributed by atoms with Gasteiger partial charge in [-0.2, -0.15) is 0 Å². The zero-order chi connectivity index (χ0) is 11.8. The summed E-state index contributed by atoms with van der Waals surface area (Å²) in [5.74, 6) is 0.202. The molecule has 86 valence electrons. The number of rotatable bonds is 1. The average Bonchev–Trinajstić information content (AvgIpc) is 2.75. The molecule has 0 saturated heterocycles. The van der Waals surface area contributed by atoms with Crippen molar-refractivity contribution in [3.63, 3.8) is 0 Å². The molecule has 0 atom stereocenters. The Morgan fingerprint density at radius 2 is 1.89 bits per heavy atom. The third-order valence-electron chi connectivity index (χ3n) is 2.48. The van der Waals surface area contributed by atoms with Crippen LogP contribution in [0, 0.1) is 0 Å². The Balaban J connectivity index is 0.00000120. The molecule has 0 aliphatic carbocycles. The first-order chi connectivity index (χ1) is 8.24. The summed E-state index contributed by atoms with van der Waals surface area (Å²) >= 11 is 7.47. The van der Waals surface area contributed by atoms with Crippen LogP contribution < -0.4 is 0 Å². The number of aromatic hydroxyl groups is 1. The summed E-state index contributed by atoms with van der Waals surface area (Å²) in [4.78, 5) is 4.48. The van der Waals surface area contributed by atoms with E-state index in [0.29, 0.717) is 10.6 Å². The van der Waals surface area contributed by atoms with Crippen molar-refractivity contribution >= 4 is 33.2 Å². The van der Waals surface area contributed by atoms with Gasteiger partial charge in [0, 0.05) is 24.5 Å². The van der Waals surface area contributed by atoms with Crippen LogP contribution >= 0.6 is 22.9 Å². The smallest absolute Gasteiger partial charge is 0.128 e. The molecule has 0 amide bonds. The minimum absolute atomic E-state index is 0. The van der Waals surface area contributed by atoms with Crippen LogP contribution in [0.2, 0.25) is 5.02 Å². The van der Waals surface area contributed by atoms with E-state index >= 15 is 0 Å². The average molecular weight is 327 g/mol. The third kappa shape index (κ3) is 2.42. The van der Waals surface area contributed by atoms with Gasteiger partial charge in [-0.05, 0) is 30.3 Å². The van der Waals surface area contributed by atoms with E-state index in [4.69, 9.17) is 11.6 Å². The van der Waals surface area contributed by atoms with Crippen molar-refractivity contribution in [2.24, 2.45) is 0 Å². The molecule has 5 heteroatoms. The Bertz CT molecular complexity index is 665. The normalized spacial score (nSPS) is 10.3. The first-order valence-corrected chi connectivity index (χ1v) is 6.28. The zero-order valence-corrected chi connectivity index (χ0v) is 14.0. The third-order valence-corrected chi connectivity index (χ3v) is 3.79. The number of hydrogen-bond donors (Lipinski definition) is 1. The summed E-state index contributed by atoms with van der Waals surface area (Å²) in [5, 5.41) is 11.2. The van der Waals surface area contributed by atoms with E-state index in [1.807, 2.05) is 24.3 Å². The van der Waals surface area contributed by atoms with E-state index in [2.05, 4.69) is 4.98 Å². The summed E-state index contributed by atoms with van der Waals surface area (Å²) in [6.45, 7) is 0. The van der Waals surface area contributed by atoms with E-state index in [9.17, 15) is 5.11 Å². The molecule has 0 saturated carbocycles. The maximum absolute atomic E-state index is 9.82. The largest absolute Gasteiger partial charge is 0.507 e. The fourth-order valence-corrected chi connectivity index (χ4v) is 2.83. The van der Waals surface area contributed by atoms with Crippen molar-refractivity contribution in [2.75, 3.05) is 0 Å². The molecule has 3 aromatic rings. The first kappa shape index (κ1) is 13.5. The fraction of sp³-hybridized carbons (Fsp3) is 0. The van der Waals surface area contributed by atoms with Crippen LogP contribution in [-0.4, -0.2) is 10.1 Å². The molecule has 0 fully saturated rings. The number of phenols is 1. The van der Waals surface area contributed by atoms with Crippen molar-refractivity contribution in [3.8, 4) is 16.3 Å². The standard InChI is InChI=1S/C13H8ClNOS.Zn/c14-8-5-6-11(16)9(7-8)13-15-10-3-1-2-4-12(10)17-13;/h1-7,16H;. The summed E-state index contributed by atoms with van der Waals surface area (Å²) in [6, 6.07) is 12.9. The molecule has 1 heterocycles. The maximum atomic E-state index is 9.82. The predicted molar refractivity (Wildman–Crippen MR) is 71.7 cm³/mol. The second-order valence-electron chi connectivity index (χ2n) is 3.65. The molecular formula is C13H8ClNOSZn. The summed E-state index contributed by atoms with van der Waals surface area (Å²) in [6.07, 6.45) is 0. The topological polar surface area (TPSA) is 33.1 Å². The minimum atomic E-state index is 0.